The van der Waals surface area contributed by atoms with Gasteiger partial charge in [-0.3, -0.25) is 14.5 Å². The van der Waals surface area contributed by atoms with Gasteiger partial charge in [0.1, 0.15) is 17.8 Å². The van der Waals surface area contributed by atoms with Crippen molar-refractivity contribution in [1.29, 1.82) is 0 Å². The molecule has 0 saturated carbocycles. The predicted octanol–water partition coefficient (Wildman–Crippen LogP) is 2.78. The van der Waals surface area contributed by atoms with Gasteiger partial charge in [-0.25, -0.2) is 4.79 Å². The summed E-state index contributed by atoms with van der Waals surface area (Å²) < 4.78 is 40.7. The lowest BCUT2D eigenvalue weighted by molar-refractivity contribution is -0.274. The number of nitrogens with one attached hydrogen (secondary N) is 1. The standard InChI is InChI=1S/C19H22F3N3O4/c1-5-24(10-12(2)3)15(26)11-25-16(27)18(4,23-17(25)28)13-6-8-14(9-7-13)29-19(20,21)22/h6-9H,2,5,10-11H2,1,3-4H3,(H,23,28). The number of alkyl halides is 3. The van der Waals surface area contributed by atoms with Gasteiger partial charge in [0.05, 0.1) is 0 Å². The van der Waals surface area contributed by atoms with Gasteiger partial charge in [0.15, 0.2) is 0 Å². The summed E-state index contributed by atoms with van der Waals surface area (Å²) in [5.74, 6) is -1.55. The maximum atomic E-state index is 12.9. The molecule has 0 radical (unpaired) electrons. The Kier molecular flexibility index (Phi) is 6.24. The fourth-order valence-corrected chi connectivity index (χ4v) is 2.96. The topological polar surface area (TPSA) is 79.0 Å². The monoisotopic (exact) mass is 413 g/mol. The molecule has 29 heavy (non-hydrogen) atoms. The molecule has 0 spiro atoms. The molecule has 7 nitrogen and oxygen atoms in total. The van der Waals surface area contributed by atoms with E-state index >= 15 is 0 Å². The van der Waals surface area contributed by atoms with E-state index in [0.29, 0.717) is 13.1 Å². The molecule has 158 valence electrons. The van der Waals surface area contributed by atoms with E-state index in [0.717, 1.165) is 22.6 Å². The van der Waals surface area contributed by atoms with Crippen LogP contribution in [-0.4, -0.2) is 53.6 Å². The highest BCUT2D eigenvalue weighted by Gasteiger charge is 2.49. The Hall–Kier alpha value is -3.04. The zero-order chi connectivity index (χ0) is 22.0. The summed E-state index contributed by atoms with van der Waals surface area (Å²) in [4.78, 5) is 39.9. The summed E-state index contributed by atoms with van der Waals surface area (Å²) >= 11 is 0. The first kappa shape index (κ1) is 22.3. The number of hydrogen-bond donors (Lipinski definition) is 1. The molecule has 1 unspecified atom stereocenters. The van der Waals surface area contributed by atoms with E-state index in [1.54, 1.807) is 13.8 Å². The SMILES string of the molecule is C=C(C)CN(CC)C(=O)CN1C(=O)NC(C)(c2ccc(OC(F)(F)F)cc2)C1=O. The summed E-state index contributed by atoms with van der Waals surface area (Å²) in [6.07, 6.45) is -4.84. The number of amides is 4. The molecule has 1 saturated heterocycles. The third-order valence-corrected chi connectivity index (χ3v) is 4.43. The molecule has 1 heterocycles. The highest BCUT2D eigenvalue weighted by molar-refractivity contribution is 6.09. The van der Waals surface area contributed by atoms with Crippen molar-refractivity contribution in [3.63, 3.8) is 0 Å². The number of hydrogen-bond acceptors (Lipinski definition) is 4. The van der Waals surface area contributed by atoms with Gasteiger partial charge >= 0.3 is 12.4 Å². The molecule has 1 fully saturated rings. The van der Waals surface area contributed by atoms with Crippen molar-refractivity contribution >= 4 is 17.8 Å². The van der Waals surface area contributed by atoms with Crippen LogP contribution >= 0.6 is 0 Å². The highest BCUT2D eigenvalue weighted by Crippen LogP contribution is 2.31. The maximum absolute atomic E-state index is 12.9. The predicted molar refractivity (Wildman–Crippen MR) is 97.8 cm³/mol. The van der Waals surface area contributed by atoms with Gasteiger partial charge in [0, 0.05) is 13.1 Å². The largest absolute Gasteiger partial charge is 0.573 e. The number of carbonyl (C=O) groups is 3. The summed E-state index contributed by atoms with van der Waals surface area (Å²) in [5, 5.41) is 2.50. The zero-order valence-electron chi connectivity index (χ0n) is 16.3. The summed E-state index contributed by atoms with van der Waals surface area (Å²) in [6.45, 7) is 8.92. The number of urea groups is 1. The number of nitrogens with zero attached hydrogens (tertiary/aromatic N) is 2. The van der Waals surface area contributed by atoms with E-state index in [2.05, 4.69) is 16.6 Å². The molecular weight excluding hydrogens is 391 g/mol. The van der Waals surface area contributed by atoms with Gasteiger partial charge in [-0.1, -0.05) is 24.3 Å². The first-order chi connectivity index (χ1) is 13.4. The van der Waals surface area contributed by atoms with Crippen molar-refractivity contribution in [3.05, 3.63) is 42.0 Å². The molecule has 1 aromatic rings. The van der Waals surface area contributed by atoms with Gasteiger partial charge in [-0.05, 0) is 38.5 Å². The van der Waals surface area contributed by atoms with Gasteiger partial charge in [0.25, 0.3) is 5.91 Å². The second-order valence-electron chi connectivity index (χ2n) is 6.88. The van der Waals surface area contributed by atoms with E-state index in [-0.39, 0.29) is 5.56 Å². The van der Waals surface area contributed by atoms with E-state index in [1.165, 1.54) is 24.0 Å². The fourth-order valence-electron chi connectivity index (χ4n) is 2.96. The van der Waals surface area contributed by atoms with E-state index in [1.807, 2.05) is 0 Å². The van der Waals surface area contributed by atoms with Gasteiger partial charge in [0.2, 0.25) is 5.91 Å². The minimum absolute atomic E-state index is 0.259. The number of ether oxygens (including phenoxy) is 1. The number of benzene rings is 1. The number of rotatable bonds is 7. The minimum Gasteiger partial charge on any atom is -0.406 e. The Labute approximate surface area is 166 Å². The van der Waals surface area contributed by atoms with Crippen molar-refractivity contribution in [2.75, 3.05) is 19.6 Å². The lowest BCUT2D eigenvalue weighted by Gasteiger charge is -2.25. The third kappa shape index (κ3) is 5.07. The van der Waals surface area contributed by atoms with Crippen LogP contribution in [-0.2, 0) is 15.1 Å². The minimum atomic E-state index is -4.84. The Bertz CT molecular complexity index is 823. The third-order valence-electron chi connectivity index (χ3n) is 4.43. The maximum Gasteiger partial charge on any atom is 0.573 e. The molecule has 0 bridgehead atoms. The van der Waals surface area contributed by atoms with Crippen LogP contribution in [0.5, 0.6) is 5.75 Å². The van der Waals surface area contributed by atoms with Crippen LogP contribution in [0.2, 0.25) is 0 Å². The molecule has 2 rings (SSSR count). The van der Waals surface area contributed by atoms with Crippen molar-refractivity contribution in [1.82, 2.24) is 15.1 Å². The van der Waals surface area contributed by atoms with Crippen LogP contribution in [0.1, 0.15) is 26.3 Å². The van der Waals surface area contributed by atoms with Crippen LogP contribution in [0, 0.1) is 0 Å². The van der Waals surface area contributed by atoms with Crippen molar-refractivity contribution in [2.45, 2.75) is 32.7 Å². The number of likely N-dealkylation sites (N-methyl/N-ethyl adjacent to an activating group) is 1. The smallest absolute Gasteiger partial charge is 0.406 e. The van der Waals surface area contributed by atoms with E-state index in [4.69, 9.17) is 0 Å². The Morgan fingerprint density at radius 3 is 2.34 bits per heavy atom. The van der Waals surface area contributed by atoms with Crippen LogP contribution < -0.4 is 10.1 Å². The molecule has 0 aromatic heterocycles. The van der Waals surface area contributed by atoms with Crippen LogP contribution in [0.25, 0.3) is 0 Å². The van der Waals surface area contributed by atoms with Crippen molar-refractivity contribution < 1.29 is 32.3 Å². The summed E-state index contributed by atoms with van der Waals surface area (Å²) in [6, 6.07) is 3.85. The van der Waals surface area contributed by atoms with Gasteiger partial charge in [-0.2, -0.15) is 0 Å². The molecule has 1 N–H and O–H groups in total. The second-order valence-corrected chi connectivity index (χ2v) is 6.88. The molecular formula is C19H22F3N3O4. The molecule has 4 amide bonds. The lowest BCUT2D eigenvalue weighted by atomic mass is 9.92. The molecule has 1 aliphatic heterocycles. The van der Waals surface area contributed by atoms with Crippen LogP contribution in [0.3, 0.4) is 0 Å². The lowest BCUT2D eigenvalue weighted by Crippen LogP contribution is -2.44. The number of halogens is 3. The fraction of sp³-hybridized carbons (Fsp3) is 0.421. The molecule has 1 atom stereocenters. The van der Waals surface area contributed by atoms with Crippen LogP contribution in [0.4, 0.5) is 18.0 Å². The van der Waals surface area contributed by atoms with Gasteiger partial charge < -0.3 is 15.0 Å². The highest BCUT2D eigenvalue weighted by atomic mass is 19.4. The second kappa shape index (κ2) is 8.14. The average Bonchev–Trinajstić information content (AvgIpc) is 2.82. The zero-order valence-corrected chi connectivity index (χ0v) is 16.3. The number of imide groups is 1. The van der Waals surface area contributed by atoms with Crippen molar-refractivity contribution in [3.8, 4) is 5.75 Å². The van der Waals surface area contributed by atoms with Gasteiger partial charge in [-0.15, -0.1) is 13.2 Å². The summed E-state index contributed by atoms with van der Waals surface area (Å²) in [5.41, 5.74) is -0.502. The van der Waals surface area contributed by atoms with Crippen LogP contribution in [0.15, 0.2) is 36.4 Å². The molecule has 10 heteroatoms. The van der Waals surface area contributed by atoms with E-state index in [9.17, 15) is 27.6 Å². The molecule has 0 aliphatic carbocycles. The Balaban J connectivity index is 2.18. The average molecular weight is 413 g/mol. The Morgan fingerprint density at radius 1 is 1.28 bits per heavy atom. The summed E-state index contributed by atoms with van der Waals surface area (Å²) in [7, 11) is 0. The molecule has 1 aromatic carbocycles. The Morgan fingerprint density at radius 2 is 1.86 bits per heavy atom. The first-order valence-corrected chi connectivity index (χ1v) is 8.80. The number of carbonyl (C=O) groups excluding carboxylic acids is 3. The van der Waals surface area contributed by atoms with E-state index < -0.39 is 42.0 Å². The van der Waals surface area contributed by atoms with Crippen molar-refractivity contribution in [2.24, 2.45) is 0 Å². The quantitative estimate of drug-likeness (QED) is 0.551. The first-order valence-electron chi connectivity index (χ1n) is 8.80. The molecule has 1 aliphatic rings. The normalized spacial score (nSPS) is 19.2.